The fourth-order valence-electron chi connectivity index (χ4n) is 3.41. The molecule has 0 unspecified atom stereocenters. The van der Waals surface area contributed by atoms with E-state index in [0.29, 0.717) is 13.1 Å². The summed E-state index contributed by atoms with van der Waals surface area (Å²) >= 11 is 0. The lowest BCUT2D eigenvalue weighted by Gasteiger charge is -2.37. The molecule has 7 heteroatoms. The standard InChI is InChI=1S/C17H23N3O4/c1-19-11-17(24-16(19)22)8-3-9-20(12-17)10-15(21)18-13-4-6-14(23-2)7-5-13/h4-7H,3,8-12H2,1-2H3,(H,18,21)/t17-/m1/s1. The first kappa shape index (κ1) is 16.6. The number of likely N-dealkylation sites (N-methyl/N-ethyl adjacent to an activating group) is 1. The molecular weight excluding hydrogens is 310 g/mol. The molecule has 0 radical (unpaired) electrons. The number of ether oxygens (including phenoxy) is 2. The Balaban J connectivity index is 1.55. The quantitative estimate of drug-likeness (QED) is 0.905. The summed E-state index contributed by atoms with van der Waals surface area (Å²) in [5, 5.41) is 2.88. The Morgan fingerprint density at radius 2 is 2.08 bits per heavy atom. The largest absolute Gasteiger partial charge is 0.497 e. The summed E-state index contributed by atoms with van der Waals surface area (Å²) in [7, 11) is 3.35. The van der Waals surface area contributed by atoms with Crippen LogP contribution in [0.25, 0.3) is 0 Å². The average molecular weight is 333 g/mol. The molecule has 1 aromatic rings. The molecule has 2 aliphatic rings. The van der Waals surface area contributed by atoms with Crippen LogP contribution in [0.2, 0.25) is 0 Å². The average Bonchev–Trinajstić information content (AvgIpc) is 2.81. The molecule has 2 aliphatic heterocycles. The van der Waals surface area contributed by atoms with Crippen LogP contribution in [0, 0.1) is 0 Å². The second kappa shape index (κ2) is 6.68. The molecular formula is C17H23N3O4. The van der Waals surface area contributed by atoms with Crippen molar-refractivity contribution in [1.29, 1.82) is 0 Å². The second-order valence-electron chi connectivity index (χ2n) is 6.50. The molecule has 0 bridgehead atoms. The van der Waals surface area contributed by atoms with Crippen molar-refractivity contribution >= 4 is 17.7 Å². The number of amides is 2. The highest BCUT2D eigenvalue weighted by atomic mass is 16.6. The van der Waals surface area contributed by atoms with Crippen LogP contribution in [0.3, 0.4) is 0 Å². The number of benzene rings is 1. The van der Waals surface area contributed by atoms with Crippen LogP contribution < -0.4 is 10.1 Å². The lowest BCUT2D eigenvalue weighted by molar-refractivity contribution is -0.118. The molecule has 1 atom stereocenters. The molecule has 2 amide bonds. The van der Waals surface area contributed by atoms with Gasteiger partial charge in [0.05, 0.1) is 20.2 Å². The molecule has 3 rings (SSSR count). The van der Waals surface area contributed by atoms with Crippen molar-refractivity contribution in [3.05, 3.63) is 24.3 Å². The van der Waals surface area contributed by atoms with Crippen LogP contribution in [0.1, 0.15) is 12.8 Å². The molecule has 0 aliphatic carbocycles. The number of methoxy groups -OCH3 is 1. The maximum atomic E-state index is 12.3. The van der Waals surface area contributed by atoms with Gasteiger partial charge in [-0.2, -0.15) is 0 Å². The fraction of sp³-hybridized carbons (Fsp3) is 0.529. The van der Waals surface area contributed by atoms with Crippen LogP contribution in [-0.4, -0.2) is 67.7 Å². The number of likely N-dealkylation sites (tertiary alicyclic amines) is 1. The molecule has 1 aromatic carbocycles. The Labute approximate surface area is 141 Å². The maximum Gasteiger partial charge on any atom is 0.410 e. The van der Waals surface area contributed by atoms with Crippen LogP contribution in [0.5, 0.6) is 5.75 Å². The molecule has 2 fully saturated rings. The fourth-order valence-corrected chi connectivity index (χ4v) is 3.41. The molecule has 1 spiro atoms. The van der Waals surface area contributed by atoms with E-state index in [1.165, 1.54) is 0 Å². The van der Waals surface area contributed by atoms with Crippen molar-refractivity contribution in [2.24, 2.45) is 0 Å². The molecule has 130 valence electrons. The number of nitrogens with zero attached hydrogens (tertiary/aromatic N) is 2. The van der Waals surface area contributed by atoms with Crippen molar-refractivity contribution in [2.45, 2.75) is 18.4 Å². The van der Waals surface area contributed by atoms with Gasteiger partial charge in [-0.15, -0.1) is 0 Å². The Hall–Kier alpha value is -2.28. The number of anilines is 1. The monoisotopic (exact) mass is 333 g/mol. The highest BCUT2D eigenvalue weighted by Crippen LogP contribution is 2.31. The van der Waals surface area contributed by atoms with E-state index in [1.807, 2.05) is 12.1 Å². The van der Waals surface area contributed by atoms with Gasteiger partial charge in [0.2, 0.25) is 5.91 Å². The Kier molecular flexibility index (Phi) is 4.62. The van der Waals surface area contributed by atoms with Crippen LogP contribution in [-0.2, 0) is 9.53 Å². The van der Waals surface area contributed by atoms with E-state index in [1.54, 1.807) is 31.2 Å². The molecule has 0 aromatic heterocycles. The number of hydrogen-bond acceptors (Lipinski definition) is 5. The number of nitrogens with one attached hydrogen (secondary N) is 1. The smallest absolute Gasteiger partial charge is 0.410 e. The van der Waals surface area contributed by atoms with Crippen molar-refractivity contribution in [3.63, 3.8) is 0 Å². The minimum absolute atomic E-state index is 0.0742. The normalized spacial score (nSPS) is 24.1. The first-order valence-corrected chi connectivity index (χ1v) is 8.10. The van der Waals surface area contributed by atoms with Gasteiger partial charge in [-0.05, 0) is 43.7 Å². The van der Waals surface area contributed by atoms with Gasteiger partial charge in [-0.1, -0.05) is 0 Å². The van der Waals surface area contributed by atoms with E-state index in [4.69, 9.17) is 9.47 Å². The highest BCUT2D eigenvalue weighted by molar-refractivity contribution is 5.92. The molecule has 2 saturated heterocycles. The lowest BCUT2D eigenvalue weighted by Crippen LogP contribution is -2.52. The third kappa shape index (κ3) is 3.62. The van der Waals surface area contributed by atoms with E-state index in [0.717, 1.165) is 30.8 Å². The molecule has 2 heterocycles. The third-order valence-electron chi connectivity index (χ3n) is 4.50. The zero-order chi connectivity index (χ0) is 17.2. The van der Waals surface area contributed by atoms with Gasteiger partial charge in [0.1, 0.15) is 11.4 Å². The predicted octanol–water partition coefficient (Wildman–Crippen LogP) is 1.55. The molecule has 7 nitrogen and oxygen atoms in total. The Morgan fingerprint density at radius 1 is 1.33 bits per heavy atom. The number of rotatable bonds is 4. The topological polar surface area (TPSA) is 71.1 Å². The van der Waals surface area contributed by atoms with Gasteiger partial charge < -0.3 is 19.7 Å². The van der Waals surface area contributed by atoms with E-state index < -0.39 is 5.60 Å². The summed E-state index contributed by atoms with van der Waals surface area (Å²) in [5.74, 6) is 0.674. The van der Waals surface area contributed by atoms with E-state index >= 15 is 0 Å². The highest BCUT2D eigenvalue weighted by Gasteiger charge is 2.46. The molecule has 1 N–H and O–H groups in total. The van der Waals surface area contributed by atoms with Crippen LogP contribution >= 0.6 is 0 Å². The van der Waals surface area contributed by atoms with Gasteiger partial charge in [0, 0.05) is 19.3 Å². The second-order valence-corrected chi connectivity index (χ2v) is 6.50. The lowest BCUT2D eigenvalue weighted by atomic mass is 9.93. The Morgan fingerprint density at radius 3 is 2.71 bits per heavy atom. The van der Waals surface area contributed by atoms with Gasteiger partial charge in [0.15, 0.2) is 0 Å². The number of carbonyl (C=O) groups is 2. The van der Waals surface area contributed by atoms with Crippen molar-refractivity contribution < 1.29 is 19.1 Å². The maximum absolute atomic E-state index is 12.3. The SMILES string of the molecule is COc1ccc(NC(=O)CN2CCC[C@]3(C2)CN(C)C(=O)O3)cc1. The predicted molar refractivity (Wildman–Crippen MR) is 89.1 cm³/mol. The minimum Gasteiger partial charge on any atom is -0.497 e. The first-order valence-electron chi connectivity index (χ1n) is 8.10. The van der Waals surface area contributed by atoms with Gasteiger partial charge in [-0.25, -0.2) is 4.79 Å². The van der Waals surface area contributed by atoms with Crippen LogP contribution in [0.15, 0.2) is 24.3 Å². The van der Waals surface area contributed by atoms with Crippen LogP contribution in [0.4, 0.5) is 10.5 Å². The van der Waals surface area contributed by atoms with E-state index in [-0.39, 0.29) is 18.5 Å². The van der Waals surface area contributed by atoms with Gasteiger partial charge in [-0.3, -0.25) is 9.69 Å². The Bertz CT molecular complexity index is 619. The zero-order valence-corrected chi connectivity index (χ0v) is 14.1. The summed E-state index contributed by atoms with van der Waals surface area (Å²) in [6, 6.07) is 7.23. The van der Waals surface area contributed by atoms with Gasteiger partial charge >= 0.3 is 6.09 Å². The number of piperidine rings is 1. The summed E-state index contributed by atoms with van der Waals surface area (Å²) in [6.07, 6.45) is 1.48. The summed E-state index contributed by atoms with van der Waals surface area (Å²) in [6.45, 7) is 2.30. The molecule has 24 heavy (non-hydrogen) atoms. The van der Waals surface area contributed by atoms with E-state index in [9.17, 15) is 9.59 Å². The minimum atomic E-state index is -0.468. The van der Waals surface area contributed by atoms with Crippen molar-refractivity contribution in [2.75, 3.05) is 45.7 Å². The van der Waals surface area contributed by atoms with Crippen molar-refractivity contribution in [1.82, 2.24) is 9.80 Å². The number of carbonyl (C=O) groups excluding carboxylic acids is 2. The third-order valence-corrected chi connectivity index (χ3v) is 4.50. The molecule has 0 saturated carbocycles. The summed E-state index contributed by atoms with van der Waals surface area (Å²) in [5.41, 5.74) is 0.268. The summed E-state index contributed by atoms with van der Waals surface area (Å²) in [4.78, 5) is 27.6. The van der Waals surface area contributed by atoms with Crippen molar-refractivity contribution in [3.8, 4) is 5.75 Å². The number of hydrogen-bond donors (Lipinski definition) is 1. The van der Waals surface area contributed by atoms with E-state index in [2.05, 4.69) is 10.2 Å². The first-order chi connectivity index (χ1) is 11.5. The van der Waals surface area contributed by atoms with Gasteiger partial charge in [0.25, 0.3) is 0 Å². The summed E-state index contributed by atoms with van der Waals surface area (Å²) < 4.78 is 10.7. The zero-order valence-electron chi connectivity index (χ0n) is 14.1.